The summed E-state index contributed by atoms with van der Waals surface area (Å²) in [6, 6.07) is 11.1. The van der Waals surface area contributed by atoms with Gasteiger partial charge in [0.2, 0.25) is 5.91 Å². The van der Waals surface area contributed by atoms with Gasteiger partial charge in [-0.05, 0) is 49.2 Å². The minimum Gasteiger partial charge on any atom is -0.325 e. The van der Waals surface area contributed by atoms with Crippen LogP contribution in [0, 0.1) is 13.8 Å². The number of benzene rings is 2. The molecule has 0 fully saturated rings. The first-order chi connectivity index (χ1) is 12.5. The molecule has 0 saturated heterocycles. The van der Waals surface area contributed by atoms with E-state index in [-0.39, 0.29) is 11.7 Å². The molecule has 1 N–H and O–H groups in total. The molecule has 0 aliphatic heterocycles. The summed E-state index contributed by atoms with van der Waals surface area (Å²) >= 11 is 13.6. The number of carbonyl (C=O) groups is 1. The van der Waals surface area contributed by atoms with E-state index >= 15 is 0 Å². The van der Waals surface area contributed by atoms with Crippen LogP contribution in [0.5, 0.6) is 0 Å². The lowest BCUT2D eigenvalue weighted by molar-refractivity contribution is -0.113. The summed E-state index contributed by atoms with van der Waals surface area (Å²) in [5, 5.41) is 12.8. The Labute approximate surface area is 165 Å². The normalized spacial score (nSPS) is 10.8. The number of halogens is 2. The molecule has 1 heterocycles. The summed E-state index contributed by atoms with van der Waals surface area (Å²) in [6.07, 6.45) is 1.60. The van der Waals surface area contributed by atoms with Crippen molar-refractivity contribution >= 4 is 46.6 Å². The molecule has 0 atom stereocenters. The highest BCUT2D eigenvalue weighted by Gasteiger charge is 2.12. The van der Waals surface area contributed by atoms with Crippen molar-refractivity contribution in [1.82, 2.24) is 14.8 Å². The van der Waals surface area contributed by atoms with Crippen LogP contribution < -0.4 is 5.32 Å². The Kier molecular flexibility index (Phi) is 5.86. The maximum atomic E-state index is 12.3. The molecule has 8 heteroatoms. The molecule has 0 radical (unpaired) electrons. The van der Waals surface area contributed by atoms with Crippen molar-refractivity contribution in [3.8, 4) is 5.69 Å². The maximum absolute atomic E-state index is 12.3. The minimum absolute atomic E-state index is 0.142. The molecule has 0 bridgehead atoms. The summed E-state index contributed by atoms with van der Waals surface area (Å²) in [5.74, 6) is 0.0569. The van der Waals surface area contributed by atoms with Crippen molar-refractivity contribution < 1.29 is 4.79 Å². The fourth-order valence-corrected chi connectivity index (χ4v) is 3.37. The lowest BCUT2D eigenvalue weighted by Gasteiger charge is -2.10. The second-order valence-electron chi connectivity index (χ2n) is 5.67. The van der Waals surface area contributed by atoms with E-state index in [4.69, 9.17) is 23.2 Å². The fourth-order valence-electron chi connectivity index (χ4n) is 2.29. The molecule has 0 unspecified atom stereocenters. The van der Waals surface area contributed by atoms with Gasteiger partial charge in [0.1, 0.15) is 6.33 Å². The Balaban J connectivity index is 1.69. The molecule has 0 spiro atoms. The van der Waals surface area contributed by atoms with Gasteiger partial charge in [-0.2, -0.15) is 0 Å². The van der Waals surface area contributed by atoms with Crippen molar-refractivity contribution in [3.05, 3.63) is 63.9 Å². The zero-order valence-corrected chi connectivity index (χ0v) is 16.5. The van der Waals surface area contributed by atoms with E-state index in [2.05, 4.69) is 15.5 Å². The van der Waals surface area contributed by atoms with Crippen molar-refractivity contribution in [2.75, 3.05) is 11.1 Å². The van der Waals surface area contributed by atoms with Crippen molar-refractivity contribution in [2.24, 2.45) is 0 Å². The zero-order valence-electron chi connectivity index (χ0n) is 14.2. The number of aryl methyl sites for hydroxylation is 1. The largest absolute Gasteiger partial charge is 0.325 e. The number of nitrogens with zero attached hydrogens (tertiary/aromatic N) is 3. The van der Waals surface area contributed by atoms with Gasteiger partial charge < -0.3 is 5.32 Å². The van der Waals surface area contributed by atoms with Crippen LogP contribution in [-0.2, 0) is 4.79 Å². The number of rotatable bonds is 5. The molecule has 2 aromatic carbocycles. The SMILES string of the molecule is Cc1ccc(-n2cnnc2SCC(=O)Nc2cccc(Cl)c2C)cc1Cl. The smallest absolute Gasteiger partial charge is 0.234 e. The first-order valence-corrected chi connectivity index (χ1v) is 9.54. The lowest BCUT2D eigenvalue weighted by atomic mass is 10.2. The monoisotopic (exact) mass is 406 g/mol. The highest BCUT2D eigenvalue weighted by Crippen LogP contribution is 2.25. The van der Waals surface area contributed by atoms with Gasteiger partial charge in [-0.3, -0.25) is 9.36 Å². The Morgan fingerprint density at radius 2 is 2.00 bits per heavy atom. The van der Waals surface area contributed by atoms with Gasteiger partial charge in [-0.1, -0.05) is 47.1 Å². The highest BCUT2D eigenvalue weighted by molar-refractivity contribution is 7.99. The fraction of sp³-hybridized carbons (Fsp3) is 0.167. The number of nitrogens with one attached hydrogen (secondary N) is 1. The lowest BCUT2D eigenvalue weighted by Crippen LogP contribution is -2.15. The molecular weight excluding hydrogens is 391 g/mol. The summed E-state index contributed by atoms with van der Waals surface area (Å²) < 4.78 is 1.80. The number of carbonyl (C=O) groups excluding carboxylic acids is 1. The topological polar surface area (TPSA) is 59.8 Å². The van der Waals surface area contributed by atoms with Gasteiger partial charge >= 0.3 is 0 Å². The molecule has 3 aromatic rings. The third-order valence-corrected chi connectivity index (χ3v) is 5.58. The van der Waals surface area contributed by atoms with Gasteiger partial charge in [0.05, 0.1) is 11.4 Å². The quantitative estimate of drug-likeness (QED) is 0.610. The molecule has 26 heavy (non-hydrogen) atoms. The van der Waals surface area contributed by atoms with E-state index in [1.165, 1.54) is 11.8 Å². The number of aromatic nitrogens is 3. The van der Waals surface area contributed by atoms with Crippen LogP contribution in [0.1, 0.15) is 11.1 Å². The van der Waals surface area contributed by atoms with Crippen LogP contribution in [0.25, 0.3) is 5.69 Å². The van der Waals surface area contributed by atoms with Crippen molar-refractivity contribution in [1.29, 1.82) is 0 Å². The average molecular weight is 407 g/mol. The van der Waals surface area contributed by atoms with Crippen LogP contribution in [-0.4, -0.2) is 26.4 Å². The van der Waals surface area contributed by atoms with E-state index in [0.29, 0.717) is 20.9 Å². The van der Waals surface area contributed by atoms with Crippen LogP contribution >= 0.6 is 35.0 Å². The maximum Gasteiger partial charge on any atom is 0.234 e. The molecule has 1 aromatic heterocycles. The molecule has 1 amide bonds. The number of thioether (sulfide) groups is 1. The third kappa shape index (κ3) is 4.20. The Bertz CT molecular complexity index is 958. The second-order valence-corrected chi connectivity index (χ2v) is 7.42. The molecule has 0 aliphatic carbocycles. The second kappa shape index (κ2) is 8.12. The number of hydrogen-bond acceptors (Lipinski definition) is 4. The molecule has 134 valence electrons. The third-order valence-electron chi connectivity index (χ3n) is 3.82. The number of anilines is 1. The standard InChI is InChI=1S/C18H16Cl2N4OS/c1-11-6-7-13(8-15(11)20)24-10-21-23-18(24)26-9-17(25)22-16-5-3-4-14(19)12(16)2/h3-8,10H,9H2,1-2H3,(H,22,25). The van der Waals surface area contributed by atoms with Gasteiger partial charge in [-0.15, -0.1) is 10.2 Å². The van der Waals surface area contributed by atoms with Crippen LogP contribution in [0.3, 0.4) is 0 Å². The van der Waals surface area contributed by atoms with Crippen molar-refractivity contribution in [2.45, 2.75) is 19.0 Å². The molecule has 5 nitrogen and oxygen atoms in total. The molecule has 0 saturated carbocycles. The van der Waals surface area contributed by atoms with Crippen LogP contribution in [0.4, 0.5) is 5.69 Å². The summed E-state index contributed by atoms with van der Waals surface area (Å²) in [7, 11) is 0. The van der Waals surface area contributed by atoms with E-state index in [9.17, 15) is 4.79 Å². The first-order valence-electron chi connectivity index (χ1n) is 7.80. The van der Waals surface area contributed by atoms with E-state index < -0.39 is 0 Å². The van der Waals surface area contributed by atoms with Gasteiger partial charge in [-0.25, -0.2) is 0 Å². The predicted molar refractivity (Wildman–Crippen MR) is 107 cm³/mol. The van der Waals surface area contributed by atoms with Crippen molar-refractivity contribution in [3.63, 3.8) is 0 Å². The predicted octanol–water partition coefficient (Wildman–Crippen LogP) is 4.92. The summed E-state index contributed by atoms with van der Waals surface area (Å²) in [5.41, 5.74) is 3.38. The van der Waals surface area contributed by atoms with E-state index in [1.54, 1.807) is 23.0 Å². The average Bonchev–Trinajstić information content (AvgIpc) is 3.08. The number of amides is 1. The Hall–Kier alpha value is -2.02. The number of hydrogen-bond donors (Lipinski definition) is 1. The summed E-state index contributed by atoms with van der Waals surface area (Å²) in [4.78, 5) is 12.3. The van der Waals surface area contributed by atoms with Crippen LogP contribution in [0.2, 0.25) is 10.0 Å². The van der Waals surface area contributed by atoms with E-state index in [1.807, 2.05) is 38.1 Å². The van der Waals surface area contributed by atoms with Crippen LogP contribution in [0.15, 0.2) is 47.9 Å². The van der Waals surface area contributed by atoms with E-state index in [0.717, 1.165) is 16.8 Å². The highest BCUT2D eigenvalue weighted by atomic mass is 35.5. The molecule has 0 aliphatic rings. The molecular formula is C18H16Cl2N4OS. The first kappa shape index (κ1) is 18.8. The van der Waals surface area contributed by atoms with Gasteiger partial charge in [0, 0.05) is 15.7 Å². The zero-order chi connectivity index (χ0) is 18.7. The van der Waals surface area contributed by atoms with Gasteiger partial charge in [0.15, 0.2) is 5.16 Å². The Morgan fingerprint density at radius 3 is 2.77 bits per heavy atom. The minimum atomic E-state index is -0.142. The van der Waals surface area contributed by atoms with Gasteiger partial charge in [0.25, 0.3) is 0 Å². The molecule has 3 rings (SSSR count). The summed E-state index contributed by atoms with van der Waals surface area (Å²) in [6.45, 7) is 3.80. The Morgan fingerprint density at radius 1 is 1.19 bits per heavy atom.